The van der Waals surface area contributed by atoms with Gasteiger partial charge < -0.3 is 9.15 Å². The van der Waals surface area contributed by atoms with E-state index in [1.807, 2.05) is 38.1 Å². The van der Waals surface area contributed by atoms with Gasteiger partial charge in [-0.15, -0.1) is 0 Å². The second-order valence-corrected chi connectivity index (χ2v) is 8.28. The molecule has 3 aromatic carbocycles. The molecule has 9 heteroatoms. The van der Waals surface area contributed by atoms with E-state index in [-0.39, 0.29) is 17.6 Å². The Morgan fingerprint density at radius 1 is 1.14 bits per heavy atom. The fourth-order valence-corrected chi connectivity index (χ4v) is 3.76. The molecule has 2 heterocycles. The lowest BCUT2D eigenvalue weighted by molar-refractivity contribution is -0.384. The average molecular weight is 482 g/mol. The van der Waals surface area contributed by atoms with Gasteiger partial charge >= 0.3 is 0 Å². The lowest BCUT2D eigenvalue weighted by Crippen LogP contribution is -2.20. The second-order valence-electron chi connectivity index (χ2n) is 8.28. The number of nitro groups is 1. The fraction of sp³-hybridized carbons (Fsp3) is 0.148. The van der Waals surface area contributed by atoms with Gasteiger partial charge in [0, 0.05) is 23.1 Å². The predicted molar refractivity (Wildman–Crippen MR) is 138 cm³/mol. The molecule has 0 aliphatic carbocycles. The van der Waals surface area contributed by atoms with E-state index < -0.39 is 10.5 Å². The maximum atomic E-state index is 13.5. The number of para-hydroxylation sites is 2. The standard InChI is InChI=1S/C27H22N4O5/c1-3-17(2)35-24-13-12-20(31(33)34)14-19(24)16-28-30-26(25-15-18-8-4-7-11-23(18)36-25)29-22-10-6-5-9-21(22)27(30)32/h4-17H,3H2,1-2H3/t17-/m1/s1. The molecule has 0 fully saturated rings. The van der Waals surface area contributed by atoms with Crippen LogP contribution in [0.3, 0.4) is 0 Å². The minimum atomic E-state index is -0.492. The van der Waals surface area contributed by atoms with Crippen molar-refractivity contribution < 1.29 is 14.1 Å². The van der Waals surface area contributed by atoms with E-state index in [9.17, 15) is 14.9 Å². The first kappa shape index (κ1) is 23.0. The van der Waals surface area contributed by atoms with Crippen LogP contribution in [0, 0.1) is 10.1 Å². The lowest BCUT2D eigenvalue weighted by atomic mass is 10.2. The number of nitro benzene ring substituents is 1. The normalized spacial score (nSPS) is 12.4. The molecule has 5 aromatic rings. The van der Waals surface area contributed by atoms with E-state index in [0.29, 0.717) is 33.6 Å². The number of benzene rings is 3. The number of furan rings is 1. The van der Waals surface area contributed by atoms with Gasteiger partial charge in [-0.25, -0.2) is 4.98 Å². The van der Waals surface area contributed by atoms with Crippen LogP contribution >= 0.6 is 0 Å². The van der Waals surface area contributed by atoms with Crippen LogP contribution in [0.5, 0.6) is 5.75 Å². The highest BCUT2D eigenvalue weighted by Gasteiger charge is 2.17. The first-order chi connectivity index (χ1) is 17.4. The van der Waals surface area contributed by atoms with E-state index in [0.717, 1.165) is 16.5 Å². The quantitative estimate of drug-likeness (QED) is 0.165. The number of rotatable bonds is 7. The number of non-ortho nitro benzene ring substituents is 1. The van der Waals surface area contributed by atoms with Crippen LogP contribution in [0.4, 0.5) is 5.69 Å². The van der Waals surface area contributed by atoms with Gasteiger partial charge in [0.1, 0.15) is 11.3 Å². The van der Waals surface area contributed by atoms with Crippen molar-refractivity contribution >= 4 is 33.8 Å². The molecule has 0 saturated carbocycles. The van der Waals surface area contributed by atoms with Crippen molar-refractivity contribution in [1.29, 1.82) is 0 Å². The maximum Gasteiger partial charge on any atom is 0.282 e. The summed E-state index contributed by atoms with van der Waals surface area (Å²) in [6, 6.07) is 20.5. The van der Waals surface area contributed by atoms with Crippen molar-refractivity contribution in [3.63, 3.8) is 0 Å². The number of fused-ring (bicyclic) bond motifs is 2. The van der Waals surface area contributed by atoms with Crippen molar-refractivity contribution in [1.82, 2.24) is 9.66 Å². The van der Waals surface area contributed by atoms with Gasteiger partial charge in [0.2, 0.25) is 5.82 Å². The molecule has 0 amide bonds. The maximum absolute atomic E-state index is 13.5. The van der Waals surface area contributed by atoms with Gasteiger partial charge in [0.15, 0.2) is 5.76 Å². The smallest absolute Gasteiger partial charge is 0.282 e. The Kier molecular flexibility index (Phi) is 6.03. The molecule has 5 rings (SSSR count). The van der Waals surface area contributed by atoms with Crippen molar-refractivity contribution in [2.24, 2.45) is 5.10 Å². The molecule has 0 aliphatic heterocycles. The monoisotopic (exact) mass is 482 g/mol. The zero-order chi connectivity index (χ0) is 25.2. The van der Waals surface area contributed by atoms with Crippen molar-refractivity contribution in [3.8, 4) is 17.3 Å². The average Bonchev–Trinajstić information content (AvgIpc) is 3.32. The molecule has 0 unspecified atom stereocenters. The van der Waals surface area contributed by atoms with Crippen LogP contribution in [0.1, 0.15) is 25.8 Å². The number of aromatic nitrogens is 2. The van der Waals surface area contributed by atoms with Crippen molar-refractivity contribution in [2.75, 3.05) is 0 Å². The third-order valence-corrected chi connectivity index (χ3v) is 5.82. The molecule has 36 heavy (non-hydrogen) atoms. The molecule has 2 aromatic heterocycles. The van der Waals surface area contributed by atoms with Gasteiger partial charge in [-0.05, 0) is 43.7 Å². The van der Waals surface area contributed by atoms with E-state index in [2.05, 4.69) is 10.1 Å². The molecular formula is C27H22N4O5. The third-order valence-electron chi connectivity index (χ3n) is 5.82. The van der Waals surface area contributed by atoms with Crippen LogP contribution in [-0.4, -0.2) is 26.9 Å². The summed E-state index contributed by atoms with van der Waals surface area (Å²) in [7, 11) is 0. The summed E-state index contributed by atoms with van der Waals surface area (Å²) >= 11 is 0. The summed E-state index contributed by atoms with van der Waals surface area (Å²) < 4.78 is 13.1. The van der Waals surface area contributed by atoms with E-state index in [4.69, 9.17) is 9.15 Å². The lowest BCUT2D eigenvalue weighted by Gasteiger charge is -2.14. The summed E-state index contributed by atoms with van der Waals surface area (Å²) in [5.74, 6) is 0.998. The van der Waals surface area contributed by atoms with E-state index in [1.165, 1.54) is 24.4 Å². The Balaban J connectivity index is 1.70. The molecular weight excluding hydrogens is 460 g/mol. The highest BCUT2D eigenvalue weighted by Crippen LogP contribution is 2.28. The highest BCUT2D eigenvalue weighted by molar-refractivity contribution is 5.86. The molecule has 180 valence electrons. The molecule has 0 saturated heterocycles. The molecule has 0 radical (unpaired) electrons. The first-order valence-electron chi connectivity index (χ1n) is 11.4. The van der Waals surface area contributed by atoms with Gasteiger partial charge in [0.05, 0.1) is 28.1 Å². The zero-order valence-corrected chi connectivity index (χ0v) is 19.6. The van der Waals surface area contributed by atoms with Gasteiger partial charge in [-0.3, -0.25) is 14.9 Å². The van der Waals surface area contributed by atoms with E-state index in [1.54, 1.807) is 30.3 Å². The topological polar surface area (TPSA) is 113 Å². The third kappa shape index (κ3) is 4.34. The minimum Gasteiger partial charge on any atom is -0.490 e. The van der Waals surface area contributed by atoms with Crippen molar-refractivity contribution in [3.05, 3.63) is 98.8 Å². The summed E-state index contributed by atoms with van der Waals surface area (Å²) in [5.41, 5.74) is 0.991. The summed E-state index contributed by atoms with van der Waals surface area (Å²) in [6.07, 6.45) is 2.00. The fourth-order valence-electron chi connectivity index (χ4n) is 3.76. The van der Waals surface area contributed by atoms with Crippen LogP contribution in [0.15, 0.2) is 87.1 Å². The SMILES string of the molecule is CC[C@@H](C)Oc1ccc([N+](=O)[O-])cc1C=Nn1c(-c2cc3ccccc3o2)nc2ccccc2c1=O. The van der Waals surface area contributed by atoms with Gasteiger partial charge in [-0.2, -0.15) is 9.78 Å². The Bertz CT molecular complexity index is 1650. The van der Waals surface area contributed by atoms with Gasteiger partial charge in [-0.1, -0.05) is 37.3 Å². The largest absolute Gasteiger partial charge is 0.490 e. The minimum absolute atomic E-state index is 0.116. The van der Waals surface area contributed by atoms with E-state index >= 15 is 0 Å². The molecule has 0 bridgehead atoms. The molecule has 0 aliphatic rings. The number of hydrogen-bond donors (Lipinski definition) is 0. The highest BCUT2D eigenvalue weighted by atomic mass is 16.6. The summed E-state index contributed by atoms with van der Waals surface area (Å²) in [4.78, 5) is 29.0. The number of nitrogens with zero attached hydrogens (tertiary/aromatic N) is 4. The predicted octanol–water partition coefficient (Wildman–Crippen LogP) is 5.78. The summed E-state index contributed by atoms with van der Waals surface area (Å²) in [5, 5.41) is 17.0. The van der Waals surface area contributed by atoms with Crippen LogP contribution in [0.2, 0.25) is 0 Å². The molecule has 1 atom stereocenters. The summed E-state index contributed by atoms with van der Waals surface area (Å²) in [6.45, 7) is 3.88. The Morgan fingerprint density at radius 2 is 1.92 bits per heavy atom. The molecule has 0 N–H and O–H groups in total. The van der Waals surface area contributed by atoms with Crippen molar-refractivity contribution in [2.45, 2.75) is 26.4 Å². The van der Waals surface area contributed by atoms with Gasteiger partial charge in [0.25, 0.3) is 11.2 Å². The molecule has 9 nitrogen and oxygen atoms in total. The van der Waals surface area contributed by atoms with Crippen LogP contribution < -0.4 is 10.3 Å². The van der Waals surface area contributed by atoms with Crippen LogP contribution in [0.25, 0.3) is 33.5 Å². The second kappa shape index (κ2) is 9.46. The molecule has 0 spiro atoms. The number of hydrogen-bond acceptors (Lipinski definition) is 7. The Labute approximate surface area is 205 Å². The van der Waals surface area contributed by atoms with Crippen LogP contribution in [-0.2, 0) is 0 Å². The number of ether oxygens (including phenoxy) is 1. The first-order valence-corrected chi connectivity index (χ1v) is 11.4. The Morgan fingerprint density at radius 3 is 2.69 bits per heavy atom. The Hall–Kier alpha value is -4.79. The zero-order valence-electron chi connectivity index (χ0n) is 19.6.